The Morgan fingerprint density at radius 3 is 2.81 bits per heavy atom. The Morgan fingerprint density at radius 1 is 1.09 bits per heavy atom. The van der Waals surface area contributed by atoms with Crippen molar-refractivity contribution in [2.45, 2.75) is 25.8 Å². The van der Waals surface area contributed by atoms with Crippen molar-refractivity contribution in [3.63, 3.8) is 0 Å². The molecule has 1 aliphatic rings. The van der Waals surface area contributed by atoms with Crippen LogP contribution >= 0.6 is 0 Å². The minimum absolute atomic E-state index is 0.00882. The molecule has 0 fully saturated rings. The van der Waals surface area contributed by atoms with E-state index < -0.39 is 0 Å². The Kier molecular flexibility index (Phi) is 3.82. The Balaban J connectivity index is 1.64. The molecule has 0 saturated heterocycles. The fourth-order valence-electron chi connectivity index (χ4n) is 4.63. The molecule has 32 heavy (non-hydrogen) atoms. The first-order valence-corrected chi connectivity index (χ1v) is 10.4. The van der Waals surface area contributed by atoms with Crippen molar-refractivity contribution >= 4 is 33.8 Å². The van der Waals surface area contributed by atoms with E-state index >= 15 is 0 Å². The number of benzene rings is 2. The number of rotatable bonds is 2. The van der Waals surface area contributed by atoms with Gasteiger partial charge in [0.2, 0.25) is 5.95 Å². The van der Waals surface area contributed by atoms with Gasteiger partial charge in [0.15, 0.2) is 11.5 Å². The van der Waals surface area contributed by atoms with Gasteiger partial charge in [-0.3, -0.25) is 9.36 Å². The van der Waals surface area contributed by atoms with Gasteiger partial charge in [0.1, 0.15) is 11.3 Å². The van der Waals surface area contributed by atoms with Crippen molar-refractivity contribution in [2.24, 2.45) is 0 Å². The molecule has 0 aliphatic carbocycles. The van der Waals surface area contributed by atoms with Crippen LogP contribution < -0.4 is 16.6 Å². The normalized spacial score (nSPS) is 17.3. The highest BCUT2D eigenvalue weighted by atomic mass is 16.1. The monoisotopic (exact) mass is 424 g/mol. The molecule has 158 valence electrons. The molecular weight excluding hydrogens is 404 g/mol. The molecule has 0 saturated carbocycles. The zero-order valence-electron chi connectivity index (χ0n) is 17.5. The van der Waals surface area contributed by atoms with Gasteiger partial charge in [-0.1, -0.05) is 37.3 Å². The molecule has 0 amide bonds. The fourth-order valence-corrected chi connectivity index (χ4v) is 4.63. The molecule has 5 aromatic rings. The summed E-state index contributed by atoms with van der Waals surface area (Å²) in [5.74, 6) is 1.28. The predicted octanol–water partition coefficient (Wildman–Crippen LogP) is 3.21. The topological polar surface area (TPSA) is 127 Å². The van der Waals surface area contributed by atoms with Gasteiger partial charge < -0.3 is 16.0 Å². The second-order valence-corrected chi connectivity index (χ2v) is 8.08. The number of hydrogen-bond donors (Lipinski definition) is 3. The van der Waals surface area contributed by atoms with Crippen LogP contribution in [-0.4, -0.2) is 29.5 Å². The predicted molar refractivity (Wildman–Crippen MR) is 123 cm³/mol. The number of anilines is 2. The van der Waals surface area contributed by atoms with Crippen LogP contribution in [-0.2, 0) is 0 Å². The van der Waals surface area contributed by atoms with Crippen molar-refractivity contribution < 1.29 is 0 Å². The quantitative estimate of drug-likeness (QED) is 0.397. The Morgan fingerprint density at radius 2 is 1.94 bits per heavy atom. The summed E-state index contributed by atoms with van der Waals surface area (Å²) in [6.07, 6.45) is 1.55. The highest BCUT2D eigenvalue weighted by Gasteiger charge is 2.34. The van der Waals surface area contributed by atoms with Crippen LogP contribution in [0.1, 0.15) is 35.8 Å². The number of nitrogen functional groups attached to an aromatic ring is 1. The number of aryl methyl sites for hydroxylation is 1. The van der Waals surface area contributed by atoms with E-state index in [0.717, 1.165) is 16.8 Å². The number of fused-ring (bicyclic) bond motifs is 5. The number of nitrogens with zero attached hydrogens (tertiary/aromatic N) is 5. The molecule has 3 aromatic heterocycles. The van der Waals surface area contributed by atoms with Gasteiger partial charge in [-0.2, -0.15) is 9.97 Å². The minimum atomic E-state index is -0.330. The SMILES string of the molecule is Cc1cccc2nc3n(c(=O)c12)-c1ccccc1C(C)C3Nc1nc(N)nc2nc[nH]c12. The van der Waals surface area contributed by atoms with Crippen LogP contribution in [0.2, 0.25) is 0 Å². The van der Waals surface area contributed by atoms with Crippen molar-refractivity contribution in [2.75, 3.05) is 11.1 Å². The van der Waals surface area contributed by atoms with E-state index in [9.17, 15) is 4.79 Å². The highest BCUT2D eigenvalue weighted by Crippen LogP contribution is 2.41. The van der Waals surface area contributed by atoms with Crippen LogP contribution in [0.3, 0.4) is 0 Å². The zero-order chi connectivity index (χ0) is 22.0. The molecule has 1 aliphatic heterocycles. The average Bonchev–Trinajstić information content (AvgIpc) is 3.25. The van der Waals surface area contributed by atoms with E-state index in [1.165, 1.54) is 0 Å². The van der Waals surface area contributed by atoms with Gasteiger partial charge in [-0.05, 0) is 30.2 Å². The summed E-state index contributed by atoms with van der Waals surface area (Å²) in [6, 6.07) is 13.3. The third-order valence-corrected chi connectivity index (χ3v) is 6.17. The van der Waals surface area contributed by atoms with Crippen LogP contribution in [0.25, 0.3) is 27.8 Å². The first-order chi connectivity index (χ1) is 15.5. The van der Waals surface area contributed by atoms with E-state index in [0.29, 0.717) is 33.7 Å². The molecule has 6 rings (SSSR count). The lowest BCUT2D eigenvalue weighted by atomic mass is 9.87. The largest absolute Gasteiger partial charge is 0.368 e. The Labute approximate surface area is 182 Å². The second kappa shape index (κ2) is 6.61. The third kappa shape index (κ3) is 2.54. The highest BCUT2D eigenvalue weighted by molar-refractivity contribution is 5.84. The van der Waals surface area contributed by atoms with Crippen molar-refractivity contribution in [1.29, 1.82) is 0 Å². The molecule has 2 aromatic carbocycles. The average molecular weight is 424 g/mol. The smallest absolute Gasteiger partial charge is 0.266 e. The number of nitrogens with two attached hydrogens (primary N) is 1. The maximum absolute atomic E-state index is 13.7. The summed E-state index contributed by atoms with van der Waals surface area (Å²) in [7, 11) is 0. The Bertz CT molecular complexity index is 1580. The lowest BCUT2D eigenvalue weighted by molar-refractivity contribution is 0.552. The van der Waals surface area contributed by atoms with E-state index in [-0.39, 0.29) is 23.5 Å². The third-order valence-electron chi connectivity index (χ3n) is 6.17. The van der Waals surface area contributed by atoms with Crippen LogP contribution in [0.4, 0.5) is 11.8 Å². The standard InChI is InChI=1S/C23H20N8O/c1-11-6-5-8-14-16(11)22(32)31-15-9-4-3-7-13(15)12(2)17(21(31)27-14)28-20-18-19(26-10-25-18)29-23(24)30-20/h3-10,12,17H,1-2H3,(H4,24,25,26,28,29,30). The molecule has 4 heterocycles. The number of nitrogens with one attached hydrogen (secondary N) is 2. The number of hydrogen-bond acceptors (Lipinski definition) is 7. The molecule has 2 atom stereocenters. The van der Waals surface area contributed by atoms with E-state index in [1.807, 2.05) is 49.4 Å². The molecule has 9 nitrogen and oxygen atoms in total. The van der Waals surface area contributed by atoms with E-state index in [2.05, 4.69) is 32.2 Å². The fraction of sp³-hybridized carbons (Fsp3) is 0.174. The number of aromatic nitrogens is 6. The summed E-state index contributed by atoms with van der Waals surface area (Å²) in [5, 5.41) is 4.11. The maximum atomic E-state index is 13.7. The van der Waals surface area contributed by atoms with Gasteiger partial charge in [-0.15, -0.1) is 0 Å². The maximum Gasteiger partial charge on any atom is 0.266 e. The number of H-pyrrole nitrogens is 1. The van der Waals surface area contributed by atoms with Crippen molar-refractivity contribution in [3.8, 4) is 5.69 Å². The van der Waals surface area contributed by atoms with E-state index in [4.69, 9.17) is 10.7 Å². The molecule has 2 unspecified atom stereocenters. The first kappa shape index (κ1) is 18.5. The number of para-hydroxylation sites is 1. The molecule has 0 spiro atoms. The second-order valence-electron chi connectivity index (χ2n) is 8.08. The zero-order valence-corrected chi connectivity index (χ0v) is 17.5. The van der Waals surface area contributed by atoms with Crippen LogP contribution in [0, 0.1) is 6.92 Å². The summed E-state index contributed by atoms with van der Waals surface area (Å²) in [6.45, 7) is 4.05. The van der Waals surface area contributed by atoms with Gasteiger partial charge >= 0.3 is 0 Å². The Hall–Kier alpha value is -4.27. The first-order valence-electron chi connectivity index (χ1n) is 10.4. The van der Waals surface area contributed by atoms with Gasteiger partial charge in [0.05, 0.1) is 29.0 Å². The molecule has 0 bridgehead atoms. The van der Waals surface area contributed by atoms with Crippen molar-refractivity contribution in [3.05, 3.63) is 76.1 Å². The van der Waals surface area contributed by atoms with Gasteiger partial charge in [0.25, 0.3) is 5.56 Å². The van der Waals surface area contributed by atoms with Gasteiger partial charge in [-0.25, -0.2) is 9.97 Å². The molecule has 9 heteroatoms. The van der Waals surface area contributed by atoms with E-state index in [1.54, 1.807) is 10.9 Å². The summed E-state index contributed by atoms with van der Waals surface area (Å²) >= 11 is 0. The summed E-state index contributed by atoms with van der Waals surface area (Å²) in [4.78, 5) is 34.5. The molecular formula is C23H20N8O. The lowest BCUT2D eigenvalue weighted by Crippen LogP contribution is -2.35. The van der Waals surface area contributed by atoms with Crippen LogP contribution in [0.5, 0.6) is 0 Å². The van der Waals surface area contributed by atoms with Crippen molar-refractivity contribution in [1.82, 2.24) is 29.5 Å². The minimum Gasteiger partial charge on any atom is -0.368 e. The van der Waals surface area contributed by atoms with Gasteiger partial charge in [0, 0.05) is 5.92 Å². The van der Waals surface area contributed by atoms with Crippen LogP contribution in [0.15, 0.2) is 53.6 Å². The number of imidazole rings is 1. The number of aromatic amines is 1. The molecule has 4 N–H and O–H groups in total. The lowest BCUT2D eigenvalue weighted by Gasteiger charge is -2.34. The summed E-state index contributed by atoms with van der Waals surface area (Å²) < 4.78 is 1.72. The molecule has 0 radical (unpaired) electrons. The summed E-state index contributed by atoms with van der Waals surface area (Å²) in [5.41, 5.74) is 10.4.